The number of hydrogen-bond acceptors (Lipinski definition) is 2. The van der Waals surface area contributed by atoms with Gasteiger partial charge in [0, 0.05) is 11.0 Å². The standard InChI is InChI=1S/C12H17BrN2/c13-10-5-6-12(11(14)7-10)15-8-9-3-1-2-4-9/h5-7,9,15H,1-4,8,14H2. The summed E-state index contributed by atoms with van der Waals surface area (Å²) in [6, 6.07) is 6.00. The molecule has 1 aliphatic rings. The lowest BCUT2D eigenvalue weighted by atomic mass is 10.1. The largest absolute Gasteiger partial charge is 0.397 e. The normalized spacial score (nSPS) is 16.9. The van der Waals surface area contributed by atoms with Crippen LogP contribution in [0.3, 0.4) is 0 Å². The molecule has 0 atom stereocenters. The van der Waals surface area contributed by atoms with Gasteiger partial charge in [-0.3, -0.25) is 0 Å². The van der Waals surface area contributed by atoms with Gasteiger partial charge in [-0.15, -0.1) is 0 Å². The second-order valence-corrected chi connectivity index (χ2v) is 5.18. The van der Waals surface area contributed by atoms with Gasteiger partial charge in [0.25, 0.3) is 0 Å². The van der Waals surface area contributed by atoms with Crippen LogP contribution < -0.4 is 11.1 Å². The molecular weight excluding hydrogens is 252 g/mol. The fraction of sp³-hybridized carbons (Fsp3) is 0.500. The zero-order valence-electron chi connectivity index (χ0n) is 8.80. The minimum Gasteiger partial charge on any atom is -0.397 e. The van der Waals surface area contributed by atoms with Crippen molar-refractivity contribution in [2.45, 2.75) is 25.7 Å². The molecule has 0 spiro atoms. The van der Waals surface area contributed by atoms with E-state index in [4.69, 9.17) is 5.73 Å². The summed E-state index contributed by atoms with van der Waals surface area (Å²) in [6.07, 6.45) is 5.51. The number of rotatable bonds is 3. The van der Waals surface area contributed by atoms with Crippen molar-refractivity contribution >= 4 is 27.3 Å². The first kappa shape index (κ1) is 10.8. The Kier molecular flexibility index (Phi) is 3.52. The zero-order chi connectivity index (χ0) is 10.7. The lowest BCUT2D eigenvalue weighted by Crippen LogP contribution is -2.11. The molecule has 0 saturated heterocycles. The highest BCUT2D eigenvalue weighted by atomic mass is 79.9. The molecule has 2 nitrogen and oxygen atoms in total. The summed E-state index contributed by atoms with van der Waals surface area (Å²) in [5.74, 6) is 0.841. The van der Waals surface area contributed by atoms with E-state index < -0.39 is 0 Å². The lowest BCUT2D eigenvalue weighted by molar-refractivity contribution is 0.580. The van der Waals surface area contributed by atoms with Crippen molar-refractivity contribution in [2.24, 2.45) is 5.92 Å². The van der Waals surface area contributed by atoms with Crippen molar-refractivity contribution in [3.8, 4) is 0 Å². The summed E-state index contributed by atoms with van der Waals surface area (Å²) in [4.78, 5) is 0. The molecule has 1 aromatic carbocycles. The van der Waals surface area contributed by atoms with E-state index in [2.05, 4.69) is 21.2 Å². The molecule has 0 heterocycles. The molecule has 1 aliphatic carbocycles. The van der Waals surface area contributed by atoms with E-state index in [1.54, 1.807) is 0 Å². The first-order valence-electron chi connectivity index (χ1n) is 5.54. The third kappa shape index (κ3) is 2.88. The van der Waals surface area contributed by atoms with Crippen LogP contribution >= 0.6 is 15.9 Å². The minimum atomic E-state index is 0.822. The molecule has 1 fully saturated rings. The van der Waals surface area contributed by atoms with E-state index in [0.717, 1.165) is 28.3 Å². The maximum atomic E-state index is 5.91. The molecule has 0 bridgehead atoms. The second-order valence-electron chi connectivity index (χ2n) is 4.26. The van der Waals surface area contributed by atoms with Crippen molar-refractivity contribution in [3.05, 3.63) is 22.7 Å². The van der Waals surface area contributed by atoms with Crippen LogP contribution in [0, 0.1) is 5.92 Å². The number of benzene rings is 1. The number of nitrogens with two attached hydrogens (primary N) is 1. The monoisotopic (exact) mass is 268 g/mol. The van der Waals surface area contributed by atoms with Crippen molar-refractivity contribution in [1.29, 1.82) is 0 Å². The summed E-state index contributed by atoms with van der Waals surface area (Å²) in [5.41, 5.74) is 7.80. The average molecular weight is 269 g/mol. The Morgan fingerprint density at radius 3 is 2.73 bits per heavy atom. The van der Waals surface area contributed by atoms with Gasteiger partial charge in [-0.25, -0.2) is 0 Å². The van der Waals surface area contributed by atoms with E-state index in [1.807, 2.05) is 18.2 Å². The third-order valence-electron chi connectivity index (χ3n) is 3.07. The van der Waals surface area contributed by atoms with Crippen molar-refractivity contribution in [1.82, 2.24) is 0 Å². The fourth-order valence-electron chi connectivity index (χ4n) is 2.16. The Bertz CT molecular complexity index is 332. The molecule has 0 aliphatic heterocycles. The van der Waals surface area contributed by atoms with Gasteiger partial charge >= 0.3 is 0 Å². The molecule has 1 aromatic rings. The maximum absolute atomic E-state index is 5.91. The summed E-state index contributed by atoms with van der Waals surface area (Å²) in [5, 5.41) is 3.44. The van der Waals surface area contributed by atoms with Gasteiger partial charge in [-0.05, 0) is 37.0 Å². The van der Waals surface area contributed by atoms with Gasteiger partial charge < -0.3 is 11.1 Å². The molecule has 2 rings (SSSR count). The van der Waals surface area contributed by atoms with E-state index in [1.165, 1.54) is 25.7 Å². The van der Waals surface area contributed by atoms with Crippen LogP contribution in [0.4, 0.5) is 11.4 Å². The van der Waals surface area contributed by atoms with Gasteiger partial charge in [0.05, 0.1) is 11.4 Å². The van der Waals surface area contributed by atoms with Crippen molar-refractivity contribution in [2.75, 3.05) is 17.6 Å². The predicted octanol–water partition coefficient (Wildman–Crippen LogP) is 3.63. The zero-order valence-corrected chi connectivity index (χ0v) is 10.4. The van der Waals surface area contributed by atoms with Crippen LogP contribution in [-0.2, 0) is 0 Å². The minimum absolute atomic E-state index is 0.822. The molecular formula is C12H17BrN2. The van der Waals surface area contributed by atoms with Crippen molar-refractivity contribution in [3.63, 3.8) is 0 Å². The number of nitrogens with one attached hydrogen (secondary N) is 1. The average Bonchev–Trinajstić information content (AvgIpc) is 2.69. The van der Waals surface area contributed by atoms with Crippen LogP contribution in [0.5, 0.6) is 0 Å². The van der Waals surface area contributed by atoms with Crippen LogP contribution in [0.1, 0.15) is 25.7 Å². The Morgan fingerprint density at radius 2 is 2.07 bits per heavy atom. The van der Waals surface area contributed by atoms with Gasteiger partial charge in [-0.2, -0.15) is 0 Å². The number of halogens is 1. The quantitative estimate of drug-likeness (QED) is 0.822. The second kappa shape index (κ2) is 4.88. The van der Waals surface area contributed by atoms with E-state index in [0.29, 0.717) is 0 Å². The highest BCUT2D eigenvalue weighted by Crippen LogP contribution is 2.27. The molecule has 3 heteroatoms. The molecule has 0 amide bonds. The highest BCUT2D eigenvalue weighted by Gasteiger charge is 2.14. The van der Waals surface area contributed by atoms with E-state index in [9.17, 15) is 0 Å². The number of hydrogen-bond donors (Lipinski definition) is 2. The predicted molar refractivity (Wildman–Crippen MR) is 69.0 cm³/mol. The third-order valence-corrected chi connectivity index (χ3v) is 3.56. The van der Waals surface area contributed by atoms with Gasteiger partial charge in [0.15, 0.2) is 0 Å². The SMILES string of the molecule is Nc1cc(Br)ccc1NCC1CCCC1. The highest BCUT2D eigenvalue weighted by molar-refractivity contribution is 9.10. The fourth-order valence-corrected chi connectivity index (χ4v) is 2.54. The first-order valence-corrected chi connectivity index (χ1v) is 6.34. The van der Waals surface area contributed by atoms with Gasteiger partial charge in [0.1, 0.15) is 0 Å². The van der Waals surface area contributed by atoms with Crippen LogP contribution in [0.15, 0.2) is 22.7 Å². The van der Waals surface area contributed by atoms with E-state index in [-0.39, 0.29) is 0 Å². The van der Waals surface area contributed by atoms with E-state index >= 15 is 0 Å². The molecule has 15 heavy (non-hydrogen) atoms. The summed E-state index contributed by atoms with van der Waals surface area (Å²) < 4.78 is 1.03. The summed E-state index contributed by atoms with van der Waals surface area (Å²) in [7, 11) is 0. The topological polar surface area (TPSA) is 38.0 Å². The summed E-state index contributed by atoms with van der Waals surface area (Å²) in [6.45, 7) is 1.06. The van der Waals surface area contributed by atoms with Crippen LogP contribution in [-0.4, -0.2) is 6.54 Å². The van der Waals surface area contributed by atoms with Gasteiger partial charge in [-0.1, -0.05) is 28.8 Å². The number of anilines is 2. The first-order chi connectivity index (χ1) is 7.25. The molecule has 0 unspecified atom stereocenters. The Labute approximate surface area is 99.4 Å². The summed E-state index contributed by atoms with van der Waals surface area (Å²) >= 11 is 3.41. The lowest BCUT2D eigenvalue weighted by Gasteiger charge is -2.13. The maximum Gasteiger partial charge on any atom is 0.0574 e. The molecule has 0 radical (unpaired) electrons. The molecule has 3 N–H and O–H groups in total. The smallest absolute Gasteiger partial charge is 0.0574 e. The molecule has 1 saturated carbocycles. The van der Waals surface area contributed by atoms with Gasteiger partial charge in [0.2, 0.25) is 0 Å². The molecule has 82 valence electrons. The van der Waals surface area contributed by atoms with Crippen molar-refractivity contribution < 1.29 is 0 Å². The van der Waals surface area contributed by atoms with Crippen LogP contribution in [0.2, 0.25) is 0 Å². The number of nitrogen functional groups attached to an aromatic ring is 1. The van der Waals surface area contributed by atoms with Crippen LogP contribution in [0.25, 0.3) is 0 Å². The Morgan fingerprint density at radius 1 is 1.33 bits per heavy atom. The Balaban J connectivity index is 1.92. The Hall–Kier alpha value is -0.700. The molecule has 0 aromatic heterocycles.